The number of aliphatic hydroxyl groups excluding tert-OH is 5. The summed E-state index contributed by atoms with van der Waals surface area (Å²) in [7, 11) is 0. The molecule has 0 aromatic heterocycles. The standard InChI is InChI=1S/C14H30O2.2C2H6O2.Na.H/c1-2-3-4-5-6-7-8-9-10-11-13-16-14-12-15;2*3-1-2-4;;/h15H,2-14H2,1H3;2*3-4H,1-2H2;;/q;;;+1;-1. The minimum absolute atomic E-state index is 0. The van der Waals surface area contributed by atoms with Crippen molar-refractivity contribution in [1.82, 2.24) is 0 Å². The first-order valence-electron chi connectivity index (χ1n) is 9.37. The van der Waals surface area contributed by atoms with Gasteiger partial charge in [-0.15, -0.1) is 0 Å². The van der Waals surface area contributed by atoms with Crippen LogP contribution >= 0.6 is 0 Å². The Labute approximate surface area is 178 Å². The van der Waals surface area contributed by atoms with Gasteiger partial charge in [0, 0.05) is 6.61 Å². The molecule has 0 bridgehead atoms. The molecule has 0 rings (SSSR count). The zero-order chi connectivity index (χ0) is 18.7. The summed E-state index contributed by atoms with van der Waals surface area (Å²) in [6.45, 7) is 3.23. The minimum Gasteiger partial charge on any atom is -1.00 e. The molecule has 0 heterocycles. The number of aliphatic hydroxyl groups is 5. The van der Waals surface area contributed by atoms with Gasteiger partial charge in [-0.3, -0.25) is 0 Å². The van der Waals surface area contributed by atoms with Gasteiger partial charge in [-0.1, -0.05) is 64.7 Å². The second-order valence-corrected chi connectivity index (χ2v) is 5.41. The monoisotopic (exact) mass is 378 g/mol. The first kappa shape index (κ1) is 33.4. The van der Waals surface area contributed by atoms with Crippen molar-refractivity contribution in [2.24, 2.45) is 0 Å². The number of hydrogen-bond donors (Lipinski definition) is 5. The van der Waals surface area contributed by atoms with Crippen LogP contribution in [0.5, 0.6) is 0 Å². The maximum Gasteiger partial charge on any atom is 1.00 e. The van der Waals surface area contributed by atoms with Crippen LogP contribution in [0.2, 0.25) is 0 Å². The maximum absolute atomic E-state index is 8.50. The minimum atomic E-state index is -0.125. The molecule has 5 N–H and O–H groups in total. The molecule has 0 saturated carbocycles. The molecule has 0 aliphatic carbocycles. The number of ether oxygens (including phenoxy) is 1. The Morgan fingerprint density at radius 3 is 1.20 bits per heavy atom. The van der Waals surface area contributed by atoms with E-state index in [0.29, 0.717) is 6.61 Å². The predicted molar refractivity (Wildman–Crippen MR) is 99.2 cm³/mol. The van der Waals surface area contributed by atoms with Gasteiger partial charge < -0.3 is 31.7 Å². The fraction of sp³-hybridized carbons (Fsp3) is 1.00. The second-order valence-electron chi connectivity index (χ2n) is 5.41. The van der Waals surface area contributed by atoms with Gasteiger partial charge in [-0.25, -0.2) is 0 Å². The molecule has 0 spiro atoms. The van der Waals surface area contributed by atoms with E-state index in [0.717, 1.165) is 13.0 Å². The van der Waals surface area contributed by atoms with Gasteiger partial charge in [-0.05, 0) is 6.42 Å². The van der Waals surface area contributed by atoms with E-state index in [1.165, 1.54) is 57.8 Å². The summed E-state index contributed by atoms with van der Waals surface area (Å²) in [6, 6.07) is 0. The SMILES string of the molecule is CCCCCCCCCCCCOCCO.OCCO.OCCO.[H-].[Na+]. The van der Waals surface area contributed by atoms with E-state index in [2.05, 4.69) is 6.92 Å². The van der Waals surface area contributed by atoms with Gasteiger partial charge >= 0.3 is 29.6 Å². The Hall–Kier alpha value is 0.760. The van der Waals surface area contributed by atoms with Crippen LogP contribution in [0.25, 0.3) is 0 Å². The fourth-order valence-electron chi connectivity index (χ4n) is 1.86. The molecule has 0 saturated heterocycles. The van der Waals surface area contributed by atoms with Crippen molar-refractivity contribution in [2.75, 3.05) is 46.2 Å². The maximum atomic E-state index is 8.50. The summed E-state index contributed by atoms with van der Waals surface area (Å²) in [5, 5.41) is 39.0. The molecule has 0 aliphatic rings. The van der Waals surface area contributed by atoms with Crippen LogP contribution in [0.4, 0.5) is 0 Å². The zero-order valence-corrected chi connectivity index (χ0v) is 18.7. The molecule has 0 aromatic carbocycles. The zero-order valence-electron chi connectivity index (χ0n) is 17.7. The van der Waals surface area contributed by atoms with Crippen molar-refractivity contribution in [2.45, 2.75) is 71.1 Å². The molecular weight excluding hydrogens is 335 g/mol. The molecular formula is C18H43NaO6. The third-order valence-electron chi connectivity index (χ3n) is 3.08. The van der Waals surface area contributed by atoms with Gasteiger partial charge in [-0.2, -0.15) is 0 Å². The summed E-state index contributed by atoms with van der Waals surface area (Å²) in [5.41, 5.74) is 0. The van der Waals surface area contributed by atoms with E-state index in [1.807, 2.05) is 0 Å². The third-order valence-corrected chi connectivity index (χ3v) is 3.08. The molecule has 0 fully saturated rings. The van der Waals surface area contributed by atoms with Crippen LogP contribution < -0.4 is 29.6 Å². The van der Waals surface area contributed by atoms with Crippen LogP contribution in [0.3, 0.4) is 0 Å². The van der Waals surface area contributed by atoms with E-state index in [9.17, 15) is 0 Å². The first-order valence-corrected chi connectivity index (χ1v) is 9.37. The molecule has 0 aliphatic heterocycles. The van der Waals surface area contributed by atoms with Crippen LogP contribution in [0, 0.1) is 0 Å². The summed E-state index contributed by atoms with van der Waals surface area (Å²) in [5.74, 6) is 0. The average molecular weight is 379 g/mol. The Kier molecular flexibility index (Phi) is 53.0. The van der Waals surface area contributed by atoms with Crippen molar-refractivity contribution in [1.29, 1.82) is 0 Å². The smallest absolute Gasteiger partial charge is 1.00 e. The molecule has 6 nitrogen and oxygen atoms in total. The average Bonchev–Trinajstić information content (AvgIpc) is 2.63. The Morgan fingerprint density at radius 2 is 0.880 bits per heavy atom. The van der Waals surface area contributed by atoms with Crippen molar-refractivity contribution in [3.63, 3.8) is 0 Å². The van der Waals surface area contributed by atoms with E-state index < -0.39 is 0 Å². The normalized spacial score (nSPS) is 9.36. The van der Waals surface area contributed by atoms with Crippen molar-refractivity contribution in [3.8, 4) is 0 Å². The molecule has 0 radical (unpaired) electrons. The summed E-state index contributed by atoms with van der Waals surface area (Å²) < 4.78 is 5.20. The summed E-state index contributed by atoms with van der Waals surface area (Å²) in [4.78, 5) is 0. The van der Waals surface area contributed by atoms with Crippen LogP contribution in [0.1, 0.15) is 72.6 Å². The van der Waals surface area contributed by atoms with Gasteiger partial charge in [0.05, 0.1) is 39.6 Å². The fourth-order valence-corrected chi connectivity index (χ4v) is 1.86. The predicted octanol–water partition coefficient (Wildman–Crippen LogP) is -1.03. The number of rotatable bonds is 15. The van der Waals surface area contributed by atoms with E-state index >= 15 is 0 Å². The molecule has 0 amide bonds. The van der Waals surface area contributed by atoms with Gasteiger partial charge in [0.15, 0.2) is 0 Å². The Bertz CT molecular complexity index is 160. The van der Waals surface area contributed by atoms with E-state index in [-0.39, 0.29) is 64.0 Å². The number of hydrogen-bond acceptors (Lipinski definition) is 6. The van der Waals surface area contributed by atoms with E-state index in [4.69, 9.17) is 30.3 Å². The molecule has 0 atom stereocenters. The van der Waals surface area contributed by atoms with Crippen LogP contribution in [0.15, 0.2) is 0 Å². The van der Waals surface area contributed by atoms with Crippen molar-refractivity contribution in [3.05, 3.63) is 0 Å². The quantitative estimate of drug-likeness (QED) is 0.184. The molecule has 25 heavy (non-hydrogen) atoms. The first-order chi connectivity index (χ1) is 11.7. The molecule has 0 aromatic rings. The Balaban J connectivity index is -0.000000124. The largest absolute Gasteiger partial charge is 1.00 e. The Morgan fingerprint density at radius 1 is 0.520 bits per heavy atom. The molecule has 152 valence electrons. The molecule has 0 unspecified atom stereocenters. The van der Waals surface area contributed by atoms with Crippen molar-refractivity contribution < 1.29 is 61.3 Å². The van der Waals surface area contributed by atoms with Crippen LogP contribution in [-0.2, 0) is 4.74 Å². The third kappa shape index (κ3) is 51.6. The van der Waals surface area contributed by atoms with Gasteiger partial charge in [0.1, 0.15) is 0 Å². The molecule has 7 heteroatoms. The summed E-state index contributed by atoms with van der Waals surface area (Å²) in [6.07, 6.45) is 13.6. The van der Waals surface area contributed by atoms with E-state index in [1.54, 1.807) is 0 Å². The number of unbranched alkanes of at least 4 members (excludes halogenated alkanes) is 9. The topological polar surface area (TPSA) is 110 Å². The van der Waals surface area contributed by atoms with Gasteiger partial charge in [0.2, 0.25) is 0 Å². The van der Waals surface area contributed by atoms with Gasteiger partial charge in [0.25, 0.3) is 0 Å². The van der Waals surface area contributed by atoms with Crippen LogP contribution in [-0.4, -0.2) is 71.8 Å². The van der Waals surface area contributed by atoms with Crippen molar-refractivity contribution >= 4 is 0 Å². The second kappa shape index (κ2) is 39.7. The summed E-state index contributed by atoms with van der Waals surface area (Å²) >= 11 is 0.